The van der Waals surface area contributed by atoms with Crippen LogP contribution in [-0.2, 0) is 4.74 Å². The van der Waals surface area contributed by atoms with Gasteiger partial charge in [-0.1, -0.05) is 18.2 Å². The van der Waals surface area contributed by atoms with Crippen LogP contribution in [0.1, 0.15) is 23.6 Å². The summed E-state index contributed by atoms with van der Waals surface area (Å²) in [6, 6.07) is 10.6. The van der Waals surface area contributed by atoms with Crippen LogP contribution in [0, 0.1) is 5.82 Å². The van der Waals surface area contributed by atoms with Crippen LogP contribution >= 0.6 is 11.3 Å². The smallest absolute Gasteiger partial charge is 0.198 e. The number of halogens is 1. The molecule has 0 aliphatic carbocycles. The topological polar surface area (TPSA) is 12.5 Å². The number of ether oxygens (including phenoxy) is 1. The third-order valence-electron chi connectivity index (χ3n) is 3.17. The number of hydrogen-bond donors (Lipinski definition) is 0. The molecule has 19 heavy (non-hydrogen) atoms. The van der Waals surface area contributed by atoms with Crippen molar-refractivity contribution in [3.05, 3.63) is 64.3 Å². The summed E-state index contributed by atoms with van der Waals surface area (Å²) in [6.07, 6.45) is 1.63. The summed E-state index contributed by atoms with van der Waals surface area (Å²) < 4.78 is 18.8. The van der Waals surface area contributed by atoms with E-state index in [0.717, 1.165) is 17.8 Å². The van der Waals surface area contributed by atoms with E-state index in [1.165, 1.54) is 17.0 Å². The summed E-state index contributed by atoms with van der Waals surface area (Å²) in [5, 5.41) is 2.05. The highest BCUT2D eigenvalue weighted by Crippen LogP contribution is 2.38. The number of thiophene rings is 1. The zero-order valence-corrected chi connectivity index (χ0v) is 11.4. The Labute approximate surface area is 115 Å². The molecule has 0 amide bonds. The van der Waals surface area contributed by atoms with E-state index in [1.807, 2.05) is 6.07 Å². The molecule has 98 valence electrons. The molecule has 0 spiro atoms. The molecule has 1 aromatic heterocycles. The van der Waals surface area contributed by atoms with Gasteiger partial charge in [-0.2, -0.15) is 0 Å². The van der Waals surface area contributed by atoms with Crippen molar-refractivity contribution >= 4 is 17.0 Å². The highest BCUT2D eigenvalue weighted by atomic mass is 32.1. The fourth-order valence-electron chi connectivity index (χ4n) is 2.24. The molecule has 1 aliphatic rings. The maximum atomic E-state index is 13.0. The predicted molar refractivity (Wildman–Crippen MR) is 74.9 cm³/mol. The van der Waals surface area contributed by atoms with Gasteiger partial charge in [-0.25, -0.2) is 4.39 Å². The van der Waals surface area contributed by atoms with Crippen LogP contribution in [0.5, 0.6) is 0 Å². The zero-order valence-electron chi connectivity index (χ0n) is 10.5. The van der Waals surface area contributed by atoms with E-state index in [2.05, 4.69) is 23.3 Å². The van der Waals surface area contributed by atoms with Crippen molar-refractivity contribution in [2.45, 2.75) is 13.2 Å². The van der Waals surface area contributed by atoms with E-state index >= 15 is 0 Å². The minimum atomic E-state index is -0.226. The number of nitrogens with zero attached hydrogens (tertiary/aromatic N) is 1. The second-order valence-electron chi connectivity index (χ2n) is 4.31. The van der Waals surface area contributed by atoms with Crippen molar-refractivity contribution in [1.82, 2.24) is 4.90 Å². The number of benzene rings is 1. The van der Waals surface area contributed by atoms with Crippen molar-refractivity contribution in [3.63, 3.8) is 0 Å². The lowest BCUT2D eigenvalue weighted by molar-refractivity contribution is 0.0637. The summed E-state index contributed by atoms with van der Waals surface area (Å²) in [6.45, 7) is 2.93. The number of hydrogen-bond acceptors (Lipinski definition) is 3. The molecule has 1 unspecified atom stereocenters. The summed E-state index contributed by atoms with van der Waals surface area (Å²) in [5.74, 6) is -0.226. The Balaban J connectivity index is 1.88. The van der Waals surface area contributed by atoms with E-state index in [-0.39, 0.29) is 12.0 Å². The van der Waals surface area contributed by atoms with Crippen molar-refractivity contribution in [2.75, 3.05) is 6.54 Å². The first-order valence-electron chi connectivity index (χ1n) is 6.21. The van der Waals surface area contributed by atoms with Crippen LogP contribution < -0.4 is 0 Å². The molecule has 0 fully saturated rings. The Morgan fingerprint density at radius 3 is 2.68 bits per heavy atom. The molecule has 2 heterocycles. The molecule has 1 atom stereocenters. The summed E-state index contributed by atoms with van der Waals surface area (Å²) in [5.41, 5.74) is 2.05. The van der Waals surface area contributed by atoms with Gasteiger partial charge in [-0.15, -0.1) is 11.3 Å². The van der Waals surface area contributed by atoms with Gasteiger partial charge >= 0.3 is 0 Å². The zero-order chi connectivity index (χ0) is 13.2. The largest absolute Gasteiger partial charge is 0.472 e. The minimum absolute atomic E-state index is 0.164. The monoisotopic (exact) mass is 275 g/mol. The molecule has 1 aliphatic heterocycles. The third-order valence-corrected chi connectivity index (χ3v) is 4.06. The Kier molecular flexibility index (Phi) is 3.25. The van der Waals surface area contributed by atoms with Crippen LogP contribution in [-0.4, -0.2) is 11.4 Å². The lowest BCUT2D eigenvalue weighted by atomic mass is 10.1. The first-order valence-corrected chi connectivity index (χ1v) is 7.09. The fraction of sp³-hybridized carbons (Fsp3) is 0.200. The molecule has 0 radical (unpaired) electrons. The highest BCUT2D eigenvalue weighted by molar-refractivity contribution is 7.11. The molecule has 0 saturated carbocycles. The molecule has 0 saturated heterocycles. The summed E-state index contributed by atoms with van der Waals surface area (Å²) in [4.78, 5) is 3.37. The van der Waals surface area contributed by atoms with Gasteiger partial charge in [0.15, 0.2) is 6.23 Å². The van der Waals surface area contributed by atoms with Crippen LogP contribution in [0.2, 0.25) is 0 Å². The molecular formula is C15H14FNOS. The quantitative estimate of drug-likeness (QED) is 0.831. The first kappa shape index (κ1) is 12.2. The van der Waals surface area contributed by atoms with E-state index < -0.39 is 0 Å². The van der Waals surface area contributed by atoms with Crippen molar-refractivity contribution in [2.24, 2.45) is 0 Å². The van der Waals surface area contributed by atoms with Gasteiger partial charge in [0.2, 0.25) is 0 Å². The minimum Gasteiger partial charge on any atom is -0.472 e. The van der Waals surface area contributed by atoms with Crippen LogP contribution in [0.15, 0.2) is 48.0 Å². The summed E-state index contributed by atoms with van der Waals surface area (Å²) >= 11 is 1.69. The maximum absolute atomic E-state index is 13.0. The molecule has 2 nitrogen and oxygen atoms in total. The first-order chi connectivity index (χ1) is 9.29. The second-order valence-corrected chi connectivity index (χ2v) is 5.25. The van der Waals surface area contributed by atoms with Gasteiger partial charge in [0.25, 0.3) is 0 Å². The Morgan fingerprint density at radius 2 is 2.05 bits per heavy atom. The SMILES string of the molecule is CCN1C(c2cccs2)=COC1c1ccc(F)cc1. The third kappa shape index (κ3) is 2.24. The van der Waals surface area contributed by atoms with Crippen molar-refractivity contribution in [3.8, 4) is 0 Å². The van der Waals surface area contributed by atoms with E-state index in [1.54, 1.807) is 29.7 Å². The lowest BCUT2D eigenvalue weighted by Crippen LogP contribution is -2.23. The molecule has 4 heteroatoms. The van der Waals surface area contributed by atoms with Crippen LogP contribution in [0.3, 0.4) is 0 Å². The van der Waals surface area contributed by atoms with Gasteiger partial charge in [-0.3, -0.25) is 0 Å². The van der Waals surface area contributed by atoms with Gasteiger partial charge in [0.1, 0.15) is 12.1 Å². The maximum Gasteiger partial charge on any atom is 0.198 e. The van der Waals surface area contributed by atoms with E-state index in [9.17, 15) is 4.39 Å². The number of rotatable bonds is 3. The normalized spacial score (nSPS) is 18.3. The Morgan fingerprint density at radius 1 is 1.26 bits per heavy atom. The molecular weight excluding hydrogens is 261 g/mol. The molecule has 1 aromatic carbocycles. The second kappa shape index (κ2) is 5.05. The van der Waals surface area contributed by atoms with Gasteiger partial charge in [0, 0.05) is 12.1 Å². The molecule has 0 bridgehead atoms. The molecule has 0 N–H and O–H groups in total. The predicted octanol–water partition coefficient (Wildman–Crippen LogP) is 4.24. The van der Waals surface area contributed by atoms with E-state index in [0.29, 0.717) is 0 Å². The Hall–Kier alpha value is -1.81. The van der Waals surface area contributed by atoms with Gasteiger partial charge in [0.05, 0.1) is 10.6 Å². The standard InChI is InChI=1S/C15H14FNOS/c1-2-17-13(14-4-3-9-19-14)10-18-15(17)11-5-7-12(16)8-6-11/h3-10,15H,2H2,1H3. The van der Waals surface area contributed by atoms with Crippen LogP contribution in [0.25, 0.3) is 5.70 Å². The average Bonchev–Trinajstić information content (AvgIpc) is 3.08. The van der Waals surface area contributed by atoms with E-state index in [4.69, 9.17) is 4.74 Å². The summed E-state index contributed by atoms with van der Waals surface area (Å²) in [7, 11) is 0. The highest BCUT2D eigenvalue weighted by Gasteiger charge is 2.29. The fourth-order valence-corrected chi connectivity index (χ4v) is 2.99. The van der Waals surface area contributed by atoms with Crippen molar-refractivity contribution in [1.29, 1.82) is 0 Å². The Bertz CT molecular complexity index is 577. The van der Waals surface area contributed by atoms with Crippen molar-refractivity contribution < 1.29 is 9.13 Å². The van der Waals surface area contributed by atoms with Gasteiger partial charge in [-0.05, 0) is 30.5 Å². The van der Waals surface area contributed by atoms with Crippen LogP contribution in [0.4, 0.5) is 4.39 Å². The van der Waals surface area contributed by atoms with Gasteiger partial charge < -0.3 is 9.64 Å². The molecule has 3 rings (SSSR count). The lowest BCUT2D eigenvalue weighted by Gasteiger charge is -2.26. The average molecular weight is 275 g/mol. The molecule has 2 aromatic rings.